The summed E-state index contributed by atoms with van der Waals surface area (Å²) in [7, 11) is 0. The van der Waals surface area contributed by atoms with E-state index in [-0.39, 0.29) is 35.9 Å². The van der Waals surface area contributed by atoms with Crippen LogP contribution in [0.4, 0.5) is 0 Å². The third kappa shape index (κ3) is 27.4. The van der Waals surface area contributed by atoms with Crippen molar-refractivity contribution in [3.8, 4) is 0 Å². The monoisotopic (exact) mass is 152 g/mol. The van der Waals surface area contributed by atoms with Crippen LogP contribution in [0.15, 0.2) is 0 Å². The summed E-state index contributed by atoms with van der Waals surface area (Å²) < 4.78 is 0. The van der Waals surface area contributed by atoms with Crippen molar-refractivity contribution < 1.29 is 35.9 Å². The van der Waals surface area contributed by atoms with E-state index in [0.717, 1.165) is 0 Å². The number of hydrogen-bond donors (Lipinski definition) is 0. The molecule has 0 aromatic rings. The van der Waals surface area contributed by atoms with Gasteiger partial charge in [0.15, 0.2) is 0 Å². The zero-order chi connectivity index (χ0) is 4.24. The van der Waals surface area contributed by atoms with Crippen LogP contribution in [0.25, 0.3) is 0 Å². The van der Waals surface area contributed by atoms with Crippen LogP contribution in [0, 0.1) is 12.8 Å². The SMILES string of the molecule is [CH-]1CC1.[CH-]1CC1.[Cu+].[Li+]. The second kappa shape index (κ2) is 8.12. The molecule has 0 aromatic carbocycles. The van der Waals surface area contributed by atoms with Gasteiger partial charge in [0.1, 0.15) is 0 Å². The summed E-state index contributed by atoms with van der Waals surface area (Å²) >= 11 is 0. The second-order valence-corrected chi connectivity index (χ2v) is 1.73. The fourth-order valence-corrected chi connectivity index (χ4v) is 0. The summed E-state index contributed by atoms with van der Waals surface area (Å²) in [6.07, 6.45) is 10.0. The molecule has 2 rings (SSSR count). The van der Waals surface area contributed by atoms with E-state index >= 15 is 0 Å². The molecule has 0 amide bonds. The first-order valence-electron chi connectivity index (χ1n) is 2.63. The van der Waals surface area contributed by atoms with E-state index in [0.29, 0.717) is 0 Å². The van der Waals surface area contributed by atoms with Crippen molar-refractivity contribution in [1.29, 1.82) is 0 Å². The Morgan fingerprint density at radius 1 is 0.750 bits per heavy atom. The maximum Gasteiger partial charge on any atom is 1.00 e. The van der Waals surface area contributed by atoms with Gasteiger partial charge in [-0.05, 0) is 0 Å². The van der Waals surface area contributed by atoms with Crippen LogP contribution < -0.4 is 18.9 Å². The zero-order valence-electron chi connectivity index (χ0n) is 5.28. The van der Waals surface area contributed by atoms with E-state index in [2.05, 4.69) is 12.8 Å². The maximum atomic E-state index is 2.25. The average molecular weight is 153 g/mol. The predicted octanol–water partition coefficient (Wildman–Crippen LogP) is -1.03. The zero-order valence-corrected chi connectivity index (χ0v) is 6.23. The van der Waals surface area contributed by atoms with E-state index in [1.807, 2.05) is 0 Å². The molecule has 0 N–H and O–H groups in total. The van der Waals surface area contributed by atoms with Crippen molar-refractivity contribution in [2.24, 2.45) is 0 Å². The van der Waals surface area contributed by atoms with Crippen LogP contribution in [0.1, 0.15) is 25.7 Å². The van der Waals surface area contributed by atoms with Gasteiger partial charge in [-0.15, -0.1) is 0 Å². The van der Waals surface area contributed by atoms with Gasteiger partial charge in [0.2, 0.25) is 0 Å². The van der Waals surface area contributed by atoms with Gasteiger partial charge < -0.3 is 12.8 Å². The van der Waals surface area contributed by atoms with Crippen molar-refractivity contribution in [3.05, 3.63) is 12.8 Å². The summed E-state index contributed by atoms with van der Waals surface area (Å²) in [6.45, 7) is 0. The third-order valence-corrected chi connectivity index (χ3v) is 0.577. The molecule has 0 heterocycles. The van der Waals surface area contributed by atoms with Gasteiger partial charge in [-0.3, -0.25) is 0 Å². The first-order chi connectivity index (χ1) is 3.00. The van der Waals surface area contributed by atoms with Crippen LogP contribution >= 0.6 is 0 Å². The Kier molecular flexibility index (Phi) is 12.0. The molecule has 8 heavy (non-hydrogen) atoms. The normalized spacial score (nSPS) is 18.0. The Morgan fingerprint density at radius 3 is 0.875 bits per heavy atom. The topological polar surface area (TPSA) is 0 Å². The summed E-state index contributed by atoms with van der Waals surface area (Å²) in [5, 5.41) is 0. The van der Waals surface area contributed by atoms with Gasteiger partial charge in [-0.25, -0.2) is 25.7 Å². The minimum absolute atomic E-state index is 0. The van der Waals surface area contributed by atoms with E-state index < -0.39 is 0 Å². The Morgan fingerprint density at radius 2 is 0.875 bits per heavy atom. The smallest absolute Gasteiger partial charge is 0.333 e. The van der Waals surface area contributed by atoms with Gasteiger partial charge in [-0.2, -0.15) is 0 Å². The molecule has 0 unspecified atom stereocenters. The molecule has 46 valence electrons. The van der Waals surface area contributed by atoms with Crippen molar-refractivity contribution in [2.75, 3.05) is 0 Å². The fourth-order valence-electron chi connectivity index (χ4n) is 0. The van der Waals surface area contributed by atoms with E-state index in [1.54, 1.807) is 0 Å². The van der Waals surface area contributed by atoms with Gasteiger partial charge in [0.25, 0.3) is 0 Å². The van der Waals surface area contributed by atoms with Crippen LogP contribution in [0.3, 0.4) is 0 Å². The summed E-state index contributed by atoms with van der Waals surface area (Å²) in [6, 6.07) is 0. The molecule has 2 aliphatic carbocycles. The number of rotatable bonds is 0. The standard InChI is InChI=1S/2C3H5.Cu.Li/c2*1-2-3-1;;/h2*1H,2-3H2;;/q2*-1;2*+1. The number of hydrogen-bond acceptors (Lipinski definition) is 0. The van der Waals surface area contributed by atoms with E-state index in [9.17, 15) is 0 Å². The molecule has 2 fully saturated rings. The van der Waals surface area contributed by atoms with E-state index in [4.69, 9.17) is 0 Å². The van der Waals surface area contributed by atoms with Gasteiger partial charge in [-0.1, -0.05) is 0 Å². The van der Waals surface area contributed by atoms with Crippen molar-refractivity contribution >= 4 is 0 Å². The maximum absolute atomic E-state index is 2.25. The largest absolute Gasteiger partial charge is 1.00 e. The molecule has 2 aliphatic rings. The van der Waals surface area contributed by atoms with Gasteiger partial charge >= 0.3 is 35.9 Å². The molecule has 2 heteroatoms. The molecule has 0 aromatic heterocycles. The minimum Gasteiger partial charge on any atom is -0.333 e. The van der Waals surface area contributed by atoms with Crippen molar-refractivity contribution in [2.45, 2.75) is 25.7 Å². The van der Waals surface area contributed by atoms with Crippen LogP contribution in [0.5, 0.6) is 0 Å². The first-order valence-corrected chi connectivity index (χ1v) is 2.63. The molecular weight excluding hydrogens is 143 g/mol. The molecule has 0 saturated heterocycles. The molecule has 0 nitrogen and oxygen atoms in total. The fraction of sp³-hybridized carbons (Fsp3) is 0.667. The second-order valence-electron chi connectivity index (χ2n) is 1.73. The average Bonchev–Trinajstić information content (AvgIpc) is 2.31. The van der Waals surface area contributed by atoms with Crippen LogP contribution in [-0.4, -0.2) is 0 Å². The molecular formula is C6H10CuLi. The Hall–Kier alpha value is 1.12. The molecule has 0 atom stereocenters. The predicted molar refractivity (Wildman–Crippen MR) is 27.1 cm³/mol. The van der Waals surface area contributed by atoms with Crippen molar-refractivity contribution in [3.63, 3.8) is 0 Å². The van der Waals surface area contributed by atoms with E-state index in [1.165, 1.54) is 25.7 Å². The third-order valence-electron chi connectivity index (χ3n) is 0.577. The first kappa shape index (κ1) is 11.9. The van der Waals surface area contributed by atoms with Gasteiger partial charge in [0, 0.05) is 0 Å². The molecule has 0 aliphatic heterocycles. The quantitative estimate of drug-likeness (QED) is 0.308. The molecule has 0 radical (unpaired) electrons. The molecule has 0 spiro atoms. The van der Waals surface area contributed by atoms with Gasteiger partial charge in [0.05, 0.1) is 0 Å². The Bertz CT molecular complexity index is 24.0. The molecule has 0 bridgehead atoms. The summed E-state index contributed by atoms with van der Waals surface area (Å²) in [4.78, 5) is 0. The van der Waals surface area contributed by atoms with Crippen LogP contribution in [0.2, 0.25) is 0 Å². The minimum atomic E-state index is 0. The van der Waals surface area contributed by atoms with Crippen molar-refractivity contribution in [1.82, 2.24) is 0 Å². The van der Waals surface area contributed by atoms with Crippen LogP contribution in [-0.2, 0) is 17.1 Å². The summed E-state index contributed by atoms with van der Waals surface area (Å²) in [5.74, 6) is 0. The summed E-state index contributed by atoms with van der Waals surface area (Å²) in [5.41, 5.74) is 0. The Balaban J connectivity index is 0. The Labute approximate surface area is 74.5 Å². The molecule has 2 saturated carbocycles.